The van der Waals surface area contributed by atoms with E-state index in [1.165, 1.54) is 5.56 Å². The highest BCUT2D eigenvalue weighted by molar-refractivity contribution is 5.25. The van der Waals surface area contributed by atoms with Crippen LogP contribution in [0.3, 0.4) is 0 Å². The average molecular weight is 264 g/mol. The number of hydrogen-bond donors (Lipinski definition) is 1. The van der Waals surface area contributed by atoms with Gasteiger partial charge >= 0.3 is 0 Å². The smallest absolute Gasteiger partial charge is 0.213 e. The number of nitrogens with zero attached hydrogens (tertiary/aromatic N) is 1. The van der Waals surface area contributed by atoms with Crippen LogP contribution in [0.5, 0.6) is 5.88 Å². The fraction of sp³-hybridized carbons (Fsp3) is 0.688. The van der Waals surface area contributed by atoms with Gasteiger partial charge in [-0.2, -0.15) is 0 Å². The first-order valence-electron chi connectivity index (χ1n) is 7.18. The van der Waals surface area contributed by atoms with Gasteiger partial charge in [-0.15, -0.1) is 0 Å². The molecule has 3 heteroatoms. The van der Waals surface area contributed by atoms with Gasteiger partial charge in [0, 0.05) is 23.8 Å². The molecule has 19 heavy (non-hydrogen) atoms. The largest absolute Gasteiger partial charge is 0.477 e. The van der Waals surface area contributed by atoms with E-state index in [0.29, 0.717) is 12.5 Å². The van der Waals surface area contributed by atoms with E-state index in [9.17, 15) is 0 Å². The van der Waals surface area contributed by atoms with Crippen LogP contribution in [0.1, 0.15) is 52.8 Å². The predicted molar refractivity (Wildman–Crippen MR) is 80.5 cm³/mol. The van der Waals surface area contributed by atoms with Crippen molar-refractivity contribution in [3.8, 4) is 5.88 Å². The van der Waals surface area contributed by atoms with Crippen LogP contribution in [-0.4, -0.2) is 17.1 Å². The summed E-state index contributed by atoms with van der Waals surface area (Å²) in [5.74, 6) is 1.27. The van der Waals surface area contributed by atoms with Crippen molar-refractivity contribution < 1.29 is 4.74 Å². The predicted octanol–water partition coefficient (Wildman–Crippen LogP) is 3.57. The third kappa shape index (κ3) is 6.58. The molecule has 1 aromatic heterocycles. The molecular weight excluding hydrogens is 236 g/mol. The van der Waals surface area contributed by atoms with Gasteiger partial charge in [-0.05, 0) is 44.7 Å². The minimum Gasteiger partial charge on any atom is -0.477 e. The Kier molecular flexibility index (Phi) is 5.80. The lowest BCUT2D eigenvalue weighted by atomic mass is 10.1. The zero-order chi connectivity index (χ0) is 14.5. The molecule has 1 rings (SSSR count). The van der Waals surface area contributed by atoms with E-state index >= 15 is 0 Å². The summed E-state index contributed by atoms with van der Waals surface area (Å²) in [6.07, 6.45) is 0.932. The number of pyridine rings is 1. The van der Waals surface area contributed by atoms with Crippen LogP contribution in [0.4, 0.5) is 0 Å². The molecule has 0 bridgehead atoms. The molecule has 0 radical (unpaired) electrons. The van der Waals surface area contributed by atoms with Crippen molar-refractivity contribution in [2.45, 2.75) is 60.0 Å². The van der Waals surface area contributed by atoms with E-state index in [4.69, 9.17) is 4.74 Å². The lowest BCUT2D eigenvalue weighted by Crippen LogP contribution is -2.35. The van der Waals surface area contributed by atoms with E-state index < -0.39 is 0 Å². The summed E-state index contributed by atoms with van der Waals surface area (Å²) < 4.78 is 5.74. The van der Waals surface area contributed by atoms with Crippen molar-refractivity contribution >= 4 is 0 Å². The Morgan fingerprint density at radius 3 is 2.47 bits per heavy atom. The van der Waals surface area contributed by atoms with Gasteiger partial charge in [0.15, 0.2) is 0 Å². The maximum Gasteiger partial charge on any atom is 0.213 e. The Labute approximate surface area is 117 Å². The summed E-state index contributed by atoms with van der Waals surface area (Å²) in [4.78, 5) is 4.52. The molecule has 0 amide bonds. The Bertz CT molecular complexity index is 394. The number of aryl methyl sites for hydroxylation is 1. The van der Waals surface area contributed by atoms with Crippen molar-refractivity contribution in [3.05, 3.63) is 23.4 Å². The molecule has 0 aliphatic rings. The molecule has 1 N–H and O–H groups in total. The van der Waals surface area contributed by atoms with Crippen LogP contribution < -0.4 is 10.1 Å². The van der Waals surface area contributed by atoms with E-state index in [1.807, 2.05) is 6.07 Å². The van der Waals surface area contributed by atoms with Crippen LogP contribution in [0, 0.1) is 5.92 Å². The highest BCUT2D eigenvalue weighted by Gasteiger charge is 2.10. The second-order valence-corrected chi connectivity index (χ2v) is 6.47. The minimum absolute atomic E-state index is 0.120. The summed E-state index contributed by atoms with van der Waals surface area (Å²) >= 11 is 0. The monoisotopic (exact) mass is 264 g/mol. The average Bonchev–Trinajstić information content (AvgIpc) is 2.33. The fourth-order valence-electron chi connectivity index (χ4n) is 1.60. The third-order valence-electron chi connectivity index (χ3n) is 2.66. The van der Waals surface area contributed by atoms with E-state index in [1.54, 1.807) is 0 Å². The Hall–Kier alpha value is -1.09. The Balaban J connectivity index is 2.77. The van der Waals surface area contributed by atoms with Gasteiger partial charge in [0.2, 0.25) is 5.88 Å². The van der Waals surface area contributed by atoms with Gasteiger partial charge in [-0.1, -0.05) is 20.8 Å². The topological polar surface area (TPSA) is 34.1 Å². The SMILES string of the molecule is CCc1cc(CNC(C)(C)C)cc(OCC(C)C)n1. The van der Waals surface area contributed by atoms with Gasteiger partial charge in [0.1, 0.15) is 0 Å². The van der Waals surface area contributed by atoms with Gasteiger partial charge < -0.3 is 10.1 Å². The first-order valence-corrected chi connectivity index (χ1v) is 7.18. The molecule has 3 nitrogen and oxygen atoms in total. The second kappa shape index (κ2) is 6.90. The lowest BCUT2D eigenvalue weighted by molar-refractivity contribution is 0.260. The van der Waals surface area contributed by atoms with Gasteiger partial charge in [-0.25, -0.2) is 4.98 Å². The molecule has 0 unspecified atom stereocenters. The molecule has 0 spiro atoms. The first-order chi connectivity index (χ1) is 8.80. The third-order valence-corrected chi connectivity index (χ3v) is 2.66. The van der Waals surface area contributed by atoms with Crippen LogP contribution in [-0.2, 0) is 13.0 Å². The van der Waals surface area contributed by atoms with Crippen LogP contribution in [0.2, 0.25) is 0 Å². The number of rotatable bonds is 6. The number of nitrogens with one attached hydrogen (secondary N) is 1. The number of aromatic nitrogens is 1. The van der Waals surface area contributed by atoms with Gasteiger partial charge in [-0.3, -0.25) is 0 Å². The molecule has 0 saturated heterocycles. The number of ether oxygens (including phenoxy) is 1. The molecule has 108 valence electrons. The van der Waals surface area contributed by atoms with E-state index in [0.717, 1.165) is 24.5 Å². The van der Waals surface area contributed by atoms with Gasteiger partial charge in [0.25, 0.3) is 0 Å². The van der Waals surface area contributed by atoms with Crippen LogP contribution in [0.25, 0.3) is 0 Å². The normalized spacial score (nSPS) is 11.9. The summed E-state index contributed by atoms with van der Waals surface area (Å²) in [5, 5.41) is 3.50. The van der Waals surface area contributed by atoms with Crippen molar-refractivity contribution in [2.24, 2.45) is 5.92 Å². The van der Waals surface area contributed by atoms with Crippen LogP contribution >= 0.6 is 0 Å². The van der Waals surface area contributed by atoms with E-state index in [2.05, 4.69) is 57.9 Å². The molecule has 0 saturated carbocycles. The summed E-state index contributed by atoms with van der Waals surface area (Å²) in [5.41, 5.74) is 2.45. The standard InChI is InChI=1S/C16H28N2O/c1-7-14-8-13(10-17-16(4,5)6)9-15(18-14)19-11-12(2)3/h8-9,12,17H,7,10-11H2,1-6H3. The molecule has 1 heterocycles. The van der Waals surface area contributed by atoms with Crippen molar-refractivity contribution in [2.75, 3.05) is 6.61 Å². The quantitative estimate of drug-likeness (QED) is 0.853. The highest BCUT2D eigenvalue weighted by Crippen LogP contribution is 2.15. The number of hydrogen-bond acceptors (Lipinski definition) is 3. The molecule has 0 aliphatic heterocycles. The lowest BCUT2D eigenvalue weighted by Gasteiger charge is -2.21. The minimum atomic E-state index is 0.120. The Morgan fingerprint density at radius 2 is 1.95 bits per heavy atom. The molecule has 0 fully saturated rings. The zero-order valence-corrected chi connectivity index (χ0v) is 13.2. The van der Waals surface area contributed by atoms with E-state index in [-0.39, 0.29) is 5.54 Å². The van der Waals surface area contributed by atoms with Crippen molar-refractivity contribution in [1.82, 2.24) is 10.3 Å². The maximum atomic E-state index is 5.74. The fourth-order valence-corrected chi connectivity index (χ4v) is 1.60. The maximum absolute atomic E-state index is 5.74. The summed E-state index contributed by atoms with van der Waals surface area (Å²) in [7, 11) is 0. The summed E-state index contributed by atoms with van der Waals surface area (Å²) in [6, 6.07) is 4.20. The zero-order valence-electron chi connectivity index (χ0n) is 13.2. The van der Waals surface area contributed by atoms with Crippen molar-refractivity contribution in [1.29, 1.82) is 0 Å². The molecule has 0 atom stereocenters. The van der Waals surface area contributed by atoms with Crippen LogP contribution in [0.15, 0.2) is 12.1 Å². The molecular formula is C16H28N2O. The molecule has 0 aliphatic carbocycles. The molecule has 0 aromatic carbocycles. The Morgan fingerprint density at radius 1 is 1.26 bits per heavy atom. The van der Waals surface area contributed by atoms with Crippen molar-refractivity contribution in [3.63, 3.8) is 0 Å². The second-order valence-electron chi connectivity index (χ2n) is 6.47. The highest BCUT2D eigenvalue weighted by atomic mass is 16.5. The summed E-state index contributed by atoms with van der Waals surface area (Å²) in [6.45, 7) is 14.5. The first kappa shape index (κ1) is 16.0. The molecule has 1 aromatic rings. The van der Waals surface area contributed by atoms with Gasteiger partial charge in [0.05, 0.1) is 6.61 Å².